The summed E-state index contributed by atoms with van der Waals surface area (Å²) in [4.78, 5) is 141. The SMILES string of the molecule is CC(C)[C@H](CC(=O)CCCCCN1C(=O)C=CC1=O)C(=O)N[C@@H](C)C(=O)N[C@@H](CCCCCC(=O)[C@H]1CCC[C@H]1CC(=O)[C@H](CCN(C(=O)CO)[C@@H](c1nc(-c2cc(F)ccc2F)cn1Cc1ccccc1)C(C)(C)C)NC(=O)OC(C)(C)C)C(=O)OC(C)(C)C. The Kier molecular flexibility index (Phi) is 27.5. The van der Waals surface area contributed by atoms with E-state index in [4.69, 9.17) is 14.5 Å². The van der Waals surface area contributed by atoms with Gasteiger partial charge in [-0.1, -0.05) is 90.6 Å². The van der Waals surface area contributed by atoms with Gasteiger partial charge in [-0.25, -0.2) is 23.4 Å². The fourth-order valence-electron chi connectivity index (χ4n) is 11.7. The number of hydrogen-bond donors (Lipinski definition) is 4. The van der Waals surface area contributed by atoms with Crippen molar-refractivity contribution in [3.8, 4) is 11.3 Å². The summed E-state index contributed by atoms with van der Waals surface area (Å²) in [5, 5.41) is 18.7. The van der Waals surface area contributed by atoms with E-state index in [0.29, 0.717) is 63.6 Å². The second-order valence-electron chi connectivity index (χ2n) is 27.6. The molecular weight excluding hydrogens is 1170 g/mol. The number of aliphatic hydroxyl groups is 1. The van der Waals surface area contributed by atoms with Crippen molar-refractivity contribution in [2.75, 3.05) is 19.7 Å². The maximum atomic E-state index is 15.4. The zero-order chi connectivity index (χ0) is 67.5. The number of esters is 1. The van der Waals surface area contributed by atoms with Gasteiger partial charge in [0.2, 0.25) is 17.7 Å². The summed E-state index contributed by atoms with van der Waals surface area (Å²) in [5.41, 5.74) is -1.80. The lowest BCUT2D eigenvalue weighted by Gasteiger charge is -2.40. The number of imidazole rings is 1. The van der Waals surface area contributed by atoms with Crippen molar-refractivity contribution < 1.29 is 71.3 Å². The molecule has 22 heteroatoms. The molecule has 1 aliphatic heterocycles. The van der Waals surface area contributed by atoms with E-state index in [0.717, 1.165) is 28.7 Å². The van der Waals surface area contributed by atoms with Crippen LogP contribution in [-0.4, -0.2) is 132 Å². The Balaban J connectivity index is 1.22. The number of nitrogens with zero attached hydrogens (tertiary/aromatic N) is 4. The standard InChI is InChI=1S/C69H97F2N7O13/c1-43(2)50(39-48(80)26-18-15-21-35-77-58(83)32-33-59(77)84)64(87)72-44(3)63(86)74-54(65(88)90-68(7,8)9)28-19-14-20-29-56(81)49-27-22-25-46(49)37-57(82)53(75-66(89)91-69(10,11)12)34-36-78(60(85)42-79)61(67(4,5)6)62-73-55(51-38-47(70)30-31-52(51)71)41-76(62)40-45-23-16-13-17-24-45/h13,16-17,23-24,30-33,38,41,43-44,46,49-50,53-54,61,79H,14-15,18-22,25-29,34-37,39-40,42H2,1-12H3,(H,72,87)(H,74,86)(H,75,89)/t44-,46-,49-,50-,53-,54-,61-/m0/s1. The third-order valence-corrected chi connectivity index (χ3v) is 16.3. The van der Waals surface area contributed by atoms with E-state index < -0.39 is 101 Å². The van der Waals surface area contributed by atoms with E-state index in [-0.39, 0.29) is 110 Å². The van der Waals surface area contributed by atoms with Crippen molar-refractivity contribution >= 4 is 58.9 Å². The number of alkyl carbamates (subject to hydrolysis) is 1. The number of ether oxygens (including phenoxy) is 2. The highest BCUT2D eigenvalue weighted by atomic mass is 19.1. The van der Waals surface area contributed by atoms with E-state index >= 15 is 4.39 Å². The third-order valence-electron chi connectivity index (χ3n) is 16.3. The average Bonchev–Trinajstić information content (AvgIpc) is 1.73. The Morgan fingerprint density at radius 2 is 1.40 bits per heavy atom. The van der Waals surface area contributed by atoms with Crippen LogP contribution in [0, 0.1) is 40.7 Å². The molecule has 4 N–H and O–H groups in total. The maximum absolute atomic E-state index is 15.4. The molecule has 2 aliphatic rings. The summed E-state index contributed by atoms with van der Waals surface area (Å²) >= 11 is 0. The second-order valence-corrected chi connectivity index (χ2v) is 27.6. The van der Waals surface area contributed by atoms with Gasteiger partial charge in [0, 0.05) is 81.1 Å². The number of carbonyl (C=O) groups excluding carboxylic acids is 10. The molecule has 0 bridgehead atoms. The monoisotopic (exact) mass is 1270 g/mol. The van der Waals surface area contributed by atoms with Gasteiger partial charge in [-0.15, -0.1) is 0 Å². The number of Topliss-reactive ketones (excluding diaryl/α,β-unsaturated/α-hetero) is 3. The van der Waals surface area contributed by atoms with E-state index in [1.54, 1.807) is 52.3 Å². The highest BCUT2D eigenvalue weighted by molar-refractivity contribution is 6.12. The van der Waals surface area contributed by atoms with Crippen LogP contribution in [0.25, 0.3) is 11.3 Å². The summed E-state index contributed by atoms with van der Waals surface area (Å²) in [6.07, 6.45) is 8.30. The van der Waals surface area contributed by atoms with E-state index in [1.807, 2.05) is 65.0 Å². The Labute approximate surface area is 534 Å². The first kappa shape index (κ1) is 74.2. The molecule has 0 saturated heterocycles. The summed E-state index contributed by atoms with van der Waals surface area (Å²) in [6.45, 7) is 20.2. The number of ketones is 3. The minimum absolute atomic E-state index is 0.0329. The Hall–Kier alpha value is -7.49. The summed E-state index contributed by atoms with van der Waals surface area (Å²) < 4.78 is 43.1. The summed E-state index contributed by atoms with van der Waals surface area (Å²) in [7, 11) is 0. The van der Waals surface area contributed by atoms with Crippen LogP contribution in [0.3, 0.4) is 0 Å². The molecule has 7 atom stereocenters. The lowest BCUT2D eigenvalue weighted by atomic mass is 9.83. The summed E-state index contributed by atoms with van der Waals surface area (Å²) in [5.74, 6) is -6.65. The Morgan fingerprint density at radius 3 is 2.02 bits per heavy atom. The predicted octanol–water partition coefficient (Wildman–Crippen LogP) is 10.0. The Morgan fingerprint density at radius 1 is 0.747 bits per heavy atom. The molecule has 0 unspecified atom stereocenters. The first-order chi connectivity index (χ1) is 42.7. The number of unbranched alkanes of at least 4 members (excludes halogenated alkanes) is 4. The van der Waals surface area contributed by atoms with Crippen molar-refractivity contribution in [3.63, 3.8) is 0 Å². The third kappa shape index (κ3) is 23.3. The highest BCUT2D eigenvalue weighted by Gasteiger charge is 2.41. The van der Waals surface area contributed by atoms with Crippen molar-refractivity contribution in [1.82, 2.24) is 35.3 Å². The number of amides is 6. The minimum Gasteiger partial charge on any atom is -0.458 e. The number of rotatable bonds is 34. The number of benzene rings is 2. The van der Waals surface area contributed by atoms with Crippen molar-refractivity contribution in [1.29, 1.82) is 0 Å². The second kappa shape index (κ2) is 33.7. The fourth-order valence-corrected chi connectivity index (χ4v) is 11.7. The fraction of sp³-hybridized carbons (Fsp3) is 0.609. The molecule has 1 aromatic heterocycles. The number of carbonyl (C=O) groups is 10. The van der Waals surface area contributed by atoms with Crippen LogP contribution >= 0.6 is 0 Å². The van der Waals surface area contributed by atoms with Gasteiger partial charge in [0.1, 0.15) is 58.9 Å². The van der Waals surface area contributed by atoms with E-state index in [1.165, 1.54) is 24.0 Å². The molecule has 1 fully saturated rings. The molecule has 1 aliphatic carbocycles. The molecule has 1 saturated carbocycles. The van der Waals surface area contributed by atoms with Gasteiger partial charge in [-0.05, 0) is 134 Å². The van der Waals surface area contributed by atoms with Crippen LogP contribution in [0.1, 0.15) is 197 Å². The first-order valence-electron chi connectivity index (χ1n) is 32.1. The van der Waals surface area contributed by atoms with Gasteiger partial charge in [0.05, 0.1) is 17.8 Å². The smallest absolute Gasteiger partial charge is 0.408 e. The van der Waals surface area contributed by atoms with Crippen molar-refractivity contribution in [3.05, 3.63) is 89.9 Å². The van der Waals surface area contributed by atoms with Crippen LogP contribution in [0.4, 0.5) is 13.6 Å². The van der Waals surface area contributed by atoms with Crippen molar-refractivity contribution in [2.24, 2.45) is 29.1 Å². The molecular formula is C69H97F2N7O13. The zero-order valence-electron chi connectivity index (χ0n) is 55.3. The van der Waals surface area contributed by atoms with E-state index in [2.05, 4.69) is 16.0 Å². The molecule has 2 aromatic carbocycles. The largest absolute Gasteiger partial charge is 0.458 e. The molecule has 3 aromatic rings. The molecule has 2 heterocycles. The van der Waals surface area contributed by atoms with Gasteiger partial charge in [-0.2, -0.15) is 0 Å². The number of hydrogen-bond acceptors (Lipinski definition) is 14. The molecule has 0 spiro atoms. The first-order valence-corrected chi connectivity index (χ1v) is 32.1. The molecule has 20 nitrogen and oxygen atoms in total. The van der Waals surface area contributed by atoms with Crippen LogP contribution in [0.2, 0.25) is 0 Å². The molecule has 0 radical (unpaired) electrons. The van der Waals surface area contributed by atoms with Gasteiger partial charge in [-0.3, -0.25) is 43.3 Å². The molecule has 6 amide bonds. The highest BCUT2D eigenvalue weighted by Crippen LogP contribution is 2.41. The lowest BCUT2D eigenvalue weighted by molar-refractivity contribution is -0.159. The molecule has 91 heavy (non-hydrogen) atoms. The predicted molar refractivity (Wildman–Crippen MR) is 338 cm³/mol. The quantitative estimate of drug-likeness (QED) is 0.0246. The van der Waals surface area contributed by atoms with Crippen LogP contribution in [0.5, 0.6) is 0 Å². The number of aliphatic hydroxyl groups excluding tert-OH is 1. The van der Waals surface area contributed by atoms with Crippen LogP contribution < -0.4 is 16.0 Å². The van der Waals surface area contributed by atoms with E-state index in [9.17, 15) is 57.4 Å². The average molecular weight is 1270 g/mol. The molecule has 500 valence electrons. The minimum atomic E-state index is -1.21. The summed E-state index contributed by atoms with van der Waals surface area (Å²) in [6, 6.07) is 8.08. The number of aromatic nitrogens is 2. The van der Waals surface area contributed by atoms with Crippen LogP contribution in [0.15, 0.2) is 66.9 Å². The van der Waals surface area contributed by atoms with Gasteiger partial charge >= 0.3 is 12.1 Å². The number of imide groups is 1. The van der Waals surface area contributed by atoms with Crippen molar-refractivity contribution in [2.45, 2.75) is 221 Å². The molecule has 5 rings (SSSR count). The van der Waals surface area contributed by atoms with Gasteiger partial charge in [0.15, 0.2) is 5.78 Å². The van der Waals surface area contributed by atoms with Gasteiger partial charge < -0.3 is 40.0 Å². The number of halogens is 2. The van der Waals surface area contributed by atoms with Gasteiger partial charge in [0.25, 0.3) is 11.8 Å². The van der Waals surface area contributed by atoms with Crippen LogP contribution in [-0.2, 0) is 59.2 Å². The topological polar surface area (TPSA) is 270 Å². The maximum Gasteiger partial charge on any atom is 0.408 e. The lowest BCUT2D eigenvalue weighted by Crippen LogP contribution is -2.52. The Bertz CT molecular complexity index is 3050. The number of nitrogens with one attached hydrogen (secondary N) is 3. The normalized spacial score (nSPS) is 16.9. The zero-order valence-corrected chi connectivity index (χ0v) is 55.3.